The largest absolute Gasteiger partial charge is 0.478 e. The first-order valence-corrected chi connectivity index (χ1v) is 6.73. The van der Waals surface area contributed by atoms with Crippen LogP contribution in [0.5, 0.6) is 0 Å². The Balaban J connectivity index is 2.27. The van der Waals surface area contributed by atoms with Crippen molar-refractivity contribution < 1.29 is 28.9 Å². The van der Waals surface area contributed by atoms with Crippen molar-refractivity contribution in [2.75, 3.05) is 33.5 Å². The number of carbonyl (C=O) groups is 2. The SMILES string of the molecule is COCCCOCCCOC(=O)c1ccccc1C(=O)O. The Kier molecular flexibility index (Phi) is 8.08. The third-order valence-corrected chi connectivity index (χ3v) is 2.68. The molecule has 6 nitrogen and oxygen atoms in total. The van der Waals surface area contributed by atoms with Crippen molar-refractivity contribution in [3.8, 4) is 0 Å². The van der Waals surface area contributed by atoms with Crippen LogP contribution in [0, 0.1) is 0 Å². The summed E-state index contributed by atoms with van der Waals surface area (Å²) in [4.78, 5) is 22.8. The van der Waals surface area contributed by atoms with Crippen LogP contribution in [0.2, 0.25) is 0 Å². The first-order chi connectivity index (χ1) is 10.2. The molecular formula is C15H20O6. The van der Waals surface area contributed by atoms with Gasteiger partial charge in [-0.3, -0.25) is 0 Å². The maximum atomic E-state index is 11.8. The third kappa shape index (κ3) is 6.37. The molecule has 0 spiro atoms. The van der Waals surface area contributed by atoms with Crippen LogP contribution in [-0.4, -0.2) is 50.6 Å². The van der Waals surface area contributed by atoms with Gasteiger partial charge in [-0.05, 0) is 18.6 Å². The van der Waals surface area contributed by atoms with Gasteiger partial charge >= 0.3 is 11.9 Å². The van der Waals surface area contributed by atoms with Crippen molar-refractivity contribution in [2.45, 2.75) is 12.8 Å². The van der Waals surface area contributed by atoms with Crippen molar-refractivity contribution in [2.24, 2.45) is 0 Å². The second kappa shape index (κ2) is 9.90. The van der Waals surface area contributed by atoms with Crippen molar-refractivity contribution in [3.63, 3.8) is 0 Å². The number of carboxylic acids is 1. The molecule has 0 amide bonds. The van der Waals surface area contributed by atoms with Gasteiger partial charge in [-0.2, -0.15) is 0 Å². The molecule has 1 rings (SSSR count). The summed E-state index contributed by atoms with van der Waals surface area (Å²) in [6.45, 7) is 1.93. The summed E-state index contributed by atoms with van der Waals surface area (Å²) in [5.74, 6) is -1.78. The second-order valence-corrected chi connectivity index (χ2v) is 4.30. The Morgan fingerprint density at radius 3 is 2.24 bits per heavy atom. The van der Waals surface area contributed by atoms with Gasteiger partial charge < -0.3 is 19.3 Å². The first kappa shape index (κ1) is 17.1. The molecule has 6 heteroatoms. The molecule has 0 fully saturated rings. The van der Waals surface area contributed by atoms with E-state index >= 15 is 0 Å². The number of hydrogen-bond acceptors (Lipinski definition) is 5. The molecule has 0 unspecified atom stereocenters. The molecule has 116 valence electrons. The Morgan fingerprint density at radius 2 is 1.62 bits per heavy atom. The summed E-state index contributed by atoms with van der Waals surface area (Å²) in [7, 11) is 1.63. The molecule has 0 aliphatic rings. The normalized spacial score (nSPS) is 10.3. The van der Waals surface area contributed by atoms with Crippen LogP contribution in [0.15, 0.2) is 24.3 Å². The smallest absolute Gasteiger partial charge is 0.339 e. The van der Waals surface area contributed by atoms with E-state index in [1.54, 1.807) is 19.2 Å². The lowest BCUT2D eigenvalue weighted by molar-refractivity contribution is 0.0426. The van der Waals surface area contributed by atoms with Crippen molar-refractivity contribution in [3.05, 3.63) is 35.4 Å². The van der Waals surface area contributed by atoms with Gasteiger partial charge in [-0.25, -0.2) is 9.59 Å². The lowest BCUT2D eigenvalue weighted by atomic mass is 10.1. The summed E-state index contributed by atoms with van der Waals surface area (Å²) in [6, 6.07) is 5.97. The topological polar surface area (TPSA) is 82.1 Å². The van der Waals surface area contributed by atoms with Gasteiger partial charge in [0.05, 0.1) is 17.7 Å². The van der Waals surface area contributed by atoms with Crippen molar-refractivity contribution in [1.82, 2.24) is 0 Å². The van der Waals surface area contributed by atoms with Gasteiger partial charge in [-0.1, -0.05) is 12.1 Å². The fourth-order valence-electron chi connectivity index (χ4n) is 1.66. The van der Waals surface area contributed by atoms with Gasteiger partial charge in [0.2, 0.25) is 0 Å². The predicted octanol–water partition coefficient (Wildman–Crippen LogP) is 1.98. The number of methoxy groups -OCH3 is 1. The zero-order chi connectivity index (χ0) is 15.5. The molecular weight excluding hydrogens is 276 g/mol. The van der Waals surface area contributed by atoms with E-state index in [2.05, 4.69) is 0 Å². The van der Waals surface area contributed by atoms with Crippen LogP contribution < -0.4 is 0 Å². The van der Waals surface area contributed by atoms with Crippen molar-refractivity contribution >= 4 is 11.9 Å². The lowest BCUT2D eigenvalue weighted by Crippen LogP contribution is -2.13. The van der Waals surface area contributed by atoms with Crippen LogP contribution in [0.4, 0.5) is 0 Å². The highest BCUT2D eigenvalue weighted by molar-refractivity contribution is 6.02. The fourth-order valence-corrected chi connectivity index (χ4v) is 1.66. The second-order valence-electron chi connectivity index (χ2n) is 4.30. The molecule has 0 bridgehead atoms. The molecule has 0 radical (unpaired) electrons. The minimum absolute atomic E-state index is 0.0571. The monoisotopic (exact) mass is 296 g/mol. The van der Waals surface area contributed by atoms with Gasteiger partial charge in [0, 0.05) is 33.4 Å². The Bertz CT molecular complexity index is 457. The molecule has 0 aliphatic carbocycles. The summed E-state index contributed by atoms with van der Waals surface area (Å²) in [6.07, 6.45) is 1.39. The third-order valence-electron chi connectivity index (χ3n) is 2.68. The average Bonchev–Trinajstić information content (AvgIpc) is 2.49. The number of hydrogen-bond donors (Lipinski definition) is 1. The highest BCUT2D eigenvalue weighted by Crippen LogP contribution is 2.10. The van der Waals surface area contributed by atoms with Gasteiger partial charge in [0.15, 0.2) is 0 Å². The molecule has 0 saturated heterocycles. The maximum Gasteiger partial charge on any atom is 0.339 e. The minimum Gasteiger partial charge on any atom is -0.478 e. The Morgan fingerprint density at radius 1 is 1.00 bits per heavy atom. The maximum absolute atomic E-state index is 11.8. The minimum atomic E-state index is -1.15. The fraction of sp³-hybridized carbons (Fsp3) is 0.467. The van der Waals surface area contributed by atoms with Gasteiger partial charge in [0.25, 0.3) is 0 Å². The molecule has 1 aromatic rings. The highest BCUT2D eigenvalue weighted by atomic mass is 16.5. The van der Waals surface area contributed by atoms with E-state index in [1.807, 2.05) is 0 Å². The Hall–Kier alpha value is -1.92. The van der Waals surface area contributed by atoms with E-state index in [1.165, 1.54) is 12.1 Å². The zero-order valence-corrected chi connectivity index (χ0v) is 12.0. The lowest BCUT2D eigenvalue weighted by Gasteiger charge is -2.07. The number of carboxylic acid groups (broad SMARTS) is 1. The van der Waals surface area contributed by atoms with Crippen LogP contribution >= 0.6 is 0 Å². The van der Waals surface area contributed by atoms with Gasteiger partial charge in [-0.15, -0.1) is 0 Å². The molecule has 21 heavy (non-hydrogen) atoms. The molecule has 0 saturated carbocycles. The van der Waals surface area contributed by atoms with Crippen LogP contribution in [0.1, 0.15) is 33.6 Å². The zero-order valence-electron chi connectivity index (χ0n) is 12.0. The Labute approximate surface area is 123 Å². The van der Waals surface area contributed by atoms with Crippen molar-refractivity contribution in [1.29, 1.82) is 0 Å². The molecule has 0 aromatic heterocycles. The summed E-state index contributed by atoms with van der Waals surface area (Å²) < 4.78 is 15.2. The van der Waals surface area contributed by atoms with E-state index in [0.29, 0.717) is 26.2 Å². The van der Waals surface area contributed by atoms with Crippen LogP contribution in [0.25, 0.3) is 0 Å². The summed E-state index contributed by atoms with van der Waals surface area (Å²) in [5, 5.41) is 8.99. The van der Waals surface area contributed by atoms with Crippen LogP contribution in [0.3, 0.4) is 0 Å². The number of benzene rings is 1. The molecule has 0 aliphatic heterocycles. The first-order valence-electron chi connectivity index (χ1n) is 6.73. The quantitative estimate of drug-likeness (QED) is 0.525. The highest BCUT2D eigenvalue weighted by Gasteiger charge is 2.16. The predicted molar refractivity (Wildman–Crippen MR) is 75.6 cm³/mol. The van der Waals surface area contributed by atoms with Crippen LogP contribution in [-0.2, 0) is 14.2 Å². The molecule has 0 atom stereocenters. The number of aromatic carboxylic acids is 1. The van der Waals surface area contributed by atoms with E-state index < -0.39 is 11.9 Å². The van der Waals surface area contributed by atoms with Gasteiger partial charge in [0.1, 0.15) is 0 Å². The molecule has 1 N–H and O–H groups in total. The van der Waals surface area contributed by atoms with E-state index in [4.69, 9.17) is 19.3 Å². The number of ether oxygens (including phenoxy) is 3. The molecule has 1 aromatic carbocycles. The average molecular weight is 296 g/mol. The molecule has 0 heterocycles. The standard InChI is InChI=1S/C15H20O6/c1-19-8-4-9-20-10-5-11-21-15(18)13-7-3-2-6-12(13)14(16)17/h2-3,6-7H,4-5,8-11H2,1H3,(H,16,17). The number of carbonyl (C=O) groups excluding carboxylic acids is 1. The number of esters is 1. The van der Waals surface area contributed by atoms with E-state index in [0.717, 1.165) is 6.42 Å². The number of rotatable bonds is 10. The summed E-state index contributed by atoms with van der Waals surface area (Å²) >= 11 is 0. The van der Waals surface area contributed by atoms with E-state index in [9.17, 15) is 9.59 Å². The summed E-state index contributed by atoms with van der Waals surface area (Å²) in [5.41, 5.74) is 0.00401. The van der Waals surface area contributed by atoms with E-state index in [-0.39, 0.29) is 17.7 Å².